The van der Waals surface area contributed by atoms with Gasteiger partial charge in [0.1, 0.15) is 12.2 Å². The first-order valence-corrected chi connectivity index (χ1v) is 11.7. The molecule has 1 aromatic rings. The van der Waals surface area contributed by atoms with Gasteiger partial charge in [-0.05, 0) is 26.3 Å². The molecule has 4 unspecified atom stereocenters. The van der Waals surface area contributed by atoms with E-state index in [1.54, 1.807) is 0 Å². The minimum atomic E-state index is -3.06. The van der Waals surface area contributed by atoms with Gasteiger partial charge >= 0.3 is 0 Å². The van der Waals surface area contributed by atoms with E-state index in [2.05, 4.69) is 21.2 Å². The van der Waals surface area contributed by atoms with E-state index in [-0.39, 0.29) is 18.3 Å². The Bertz CT molecular complexity index is 645. The number of halogens is 3. The zero-order valence-electron chi connectivity index (χ0n) is 14.2. The van der Waals surface area contributed by atoms with Crippen molar-refractivity contribution in [3.63, 3.8) is 0 Å². The predicted octanol–water partition coefficient (Wildman–Crippen LogP) is 3.61. The van der Waals surface area contributed by atoms with Crippen molar-refractivity contribution >= 4 is 39.7 Å². The molecule has 0 spiro atoms. The Morgan fingerprint density at radius 2 is 2.19 bits per heavy atom. The molecule has 2 aliphatic rings. The highest BCUT2D eigenvalue weighted by Gasteiger charge is 2.47. The molecule has 0 saturated carbocycles. The van der Waals surface area contributed by atoms with E-state index in [1.165, 1.54) is 30.6 Å². The summed E-state index contributed by atoms with van der Waals surface area (Å²) in [6, 6.07) is 3.63. The molecule has 26 heavy (non-hydrogen) atoms. The number of rotatable bonds is 4. The normalized spacial score (nSPS) is 27.4. The van der Waals surface area contributed by atoms with Gasteiger partial charge in [-0.2, -0.15) is 8.78 Å². The molecule has 0 aliphatic carbocycles. The molecule has 2 aliphatic heterocycles. The number of fused-ring (bicyclic) bond motifs is 1. The van der Waals surface area contributed by atoms with Crippen molar-refractivity contribution in [1.82, 2.24) is 4.98 Å². The molecule has 4 atom stereocenters. The summed E-state index contributed by atoms with van der Waals surface area (Å²) < 4.78 is 47.4. The third-order valence-electron chi connectivity index (χ3n) is 3.73. The van der Waals surface area contributed by atoms with Crippen molar-refractivity contribution < 1.29 is 27.2 Å². The molecule has 0 radical (unpaired) electrons. The van der Waals surface area contributed by atoms with E-state index in [4.69, 9.17) is 18.4 Å². The van der Waals surface area contributed by atoms with Crippen molar-refractivity contribution in [2.45, 2.75) is 50.0 Å². The zero-order chi connectivity index (χ0) is 19.4. The van der Waals surface area contributed by atoms with Crippen LogP contribution in [0.15, 0.2) is 23.0 Å². The van der Waals surface area contributed by atoms with Crippen LogP contribution in [0.5, 0.6) is 0 Å². The summed E-state index contributed by atoms with van der Waals surface area (Å²) in [5.41, 5.74) is -3.97. The highest BCUT2D eigenvalue weighted by Crippen LogP contribution is 2.35. The van der Waals surface area contributed by atoms with Crippen LogP contribution in [-0.4, -0.2) is 42.3 Å². The van der Waals surface area contributed by atoms with Crippen molar-refractivity contribution in [3.8, 4) is 0 Å². The van der Waals surface area contributed by atoms with E-state index in [0.717, 1.165) is 19.1 Å². The number of nitrogens with one attached hydrogen (secondary N) is 1. The largest absolute Gasteiger partial charge is 0.373 e. The van der Waals surface area contributed by atoms with Crippen molar-refractivity contribution in [3.05, 3.63) is 34.2 Å². The molecule has 2 saturated heterocycles. The molecular weight excluding hydrogens is 502 g/mol. The lowest BCUT2D eigenvalue weighted by Crippen LogP contribution is -2.44. The maximum absolute atomic E-state index is 12.4. The average Bonchev–Trinajstić information content (AvgIpc) is 2.87. The van der Waals surface area contributed by atoms with E-state index in [9.17, 15) is 13.6 Å². The lowest BCUT2D eigenvalue weighted by Gasteiger charge is -2.30. The number of aromatic nitrogens is 1. The third kappa shape index (κ3) is 6.65. The lowest BCUT2D eigenvalue weighted by atomic mass is 10.0. The van der Waals surface area contributed by atoms with Gasteiger partial charge in [-0.3, -0.25) is 4.79 Å². The van der Waals surface area contributed by atoms with Crippen LogP contribution in [0.25, 0.3) is 0 Å². The van der Waals surface area contributed by atoms with Gasteiger partial charge in [0.15, 0.2) is 5.79 Å². The van der Waals surface area contributed by atoms with Crippen molar-refractivity contribution in [2.75, 3.05) is 13.2 Å². The quantitative estimate of drug-likeness (QED) is 0.370. The fourth-order valence-electron chi connectivity index (χ4n) is 2.71. The van der Waals surface area contributed by atoms with Crippen LogP contribution in [-0.2, 0) is 24.1 Å². The van der Waals surface area contributed by atoms with Crippen LogP contribution in [0.2, 0.25) is 0 Å². The van der Waals surface area contributed by atoms with Crippen LogP contribution in [0.4, 0.5) is 8.78 Å². The van der Waals surface area contributed by atoms with Gasteiger partial charge in [-0.25, -0.2) is 0 Å². The van der Waals surface area contributed by atoms with Gasteiger partial charge in [0.05, 0.1) is 27.6 Å². The average molecular weight is 523 g/mol. The van der Waals surface area contributed by atoms with Gasteiger partial charge in [-0.15, -0.1) is 0 Å². The van der Waals surface area contributed by atoms with Crippen molar-refractivity contribution in [1.29, 1.82) is 0 Å². The Labute approximate surface area is 169 Å². The molecule has 11 heteroatoms. The standard InChI is InChI=1S/C9H15IO4S.C6H6F2NOP/c1-9(2)13-6-3-4-11-7(5-12-15-10)8(6)14-9;7-6(8,11)4-2-1-3-5(10)9-4/h6-8H,3-5H2,1-2H3;1-3H,11H2,(H,9,10). The molecule has 2 fully saturated rings. The fourth-order valence-corrected chi connectivity index (χ4v) is 3.50. The number of hydrogen-bond acceptors (Lipinski definition) is 6. The monoisotopic (exact) mass is 523 g/mol. The lowest BCUT2D eigenvalue weighted by molar-refractivity contribution is -0.156. The molecular formula is C15H21F2INO5PS. The van der Waals surface area contributed by atoms with E-state index < -0.39 is 22.7 Å². The maximum Gasteiger partial charge on any atom is 0.298 e. The Morgan fingerprint density at radius 3 is 2.77 bits per heavy atom. The Hall–Kier alpha value is 0.160. The second kappa shape index (κ2) is 9.58. The van der Waals surface area contributed by atoms with Gasteiger partial charge in [0.2, 0.25) is 5.56 Å². The topological polar surface area (TPSA) is 69.8 Å². The maximum atomic E-state index is 12.4. The molecule has 1 N–H and O–H groups in total. The summed E-state index contributed by atoms with van der Waals surface area (Å²) in [7, 11) is 2.67. The SMILES string of the molecule is CC1(C)OC2CCOC(COSI)C2O1.O=c1cccc(C(F)(F)P)[nH]1. The number of aromatic amines is 1. The van der Waals surface area contributed by atoms with E-state index in [0.29, 0.717) is 6.61 Å². The number of pyridine rings is 1. The predicted molar refractivity (Wildman–Crippen MR) is 106 cm³/mol. The second-order valence-electron chi connectivity index (χ2n) is 6.24. The molecule has 3 rings (SSSR count). The van der Waals surface area contributed by atoms with E-state index in [1.807, 2.05) is 18.8 Å². The minimum Gasteiger partial charge on any atom is -0.373 e. The summed E-state index contributed by atoms with van der Waals surface area (Å²) in [6.45, 7) is 5.15. The van der Waals surface area contributed by atoms with Crippen LogP contribution < -0.4 is 5.56 Å². The van der Waals surface area contributed by atoms with Gasteiger partial charge in [-0.1, -0.05) is 15.3 Å². The molecule has 0 bridgehead atoms. The Kier molecular flexibility index (Phi) is 8.27. The molecule has 6 nitrogen and oxygen atoms in total. The van der Waals surface area contributed by atoms with Gasteiger partial charge in [0, 0.05) is 33.9 Å². The summed E-state index contributed by atoms with van der Waals surface area (Å²) in [5, 5.41) is 0. The van der Waals surface area contributed by atoms with Gasteiger partial charge in [0.25, 0.3) is 5.66 Å². The third-order valence-corrected chi connectivity index (χ3v) is 5.03. The van der Waals surface area contributed by atoms with Crippen LogP contribution in [0.3, 0.4) is 0 Å². The number of hydrogen-bond donors (Lipinski definition) is 1. The summed E-state index contributed by atoms with van der Waals surface area (Å²) in [4.78, 5) is 12.6. The zero-order valence-corrected chi connectivity index (χ0v) is 18.4. The summed E-state index contributed by atoms with van der Waals surface area (Å²) >= 11 is 2.10. The summed E-state index contributed by atoms with van der Waals surface area (Å²) in [5.74, 6) is -0.487. The van der Waals surface area contributed by atoms with Crippen molar-refractivity contribution in [2.24, 2.45) is 0 Å². The first-order chi connectivity index (χ1) is 12.1. The van der Waals surface area contributed by atoms with Gasteiger partial charge < -0.3 is 23.4 Å². The number of H-pyrrole nitrogens is 1. The summed E-state index contributed by atoms with van der Waals surface area (Å²) in [6.07, 6.45) is 1.06. The Morgan fingerprint density at radius 1 is 1.46 bits per heavy atom. The minimum absolute atomic E-state index is 0.00668. The highest BCUT2D eigenvalue weighted by molar-refractivity contribution is 14.2. The Balaban J connectivity index is 0.000000197. The fraction of sp³-hybridized carbons (Fsp3) is 0.667. The number of ether oxygens (including phenoxy) is 3. The smallest absolute Gasteiger partial charge is 0.298 e. The molecule has 148 valence electrons. The first kappa shape index (κ1) is 22.4. The van der Waals surface area contributed by atoms with E-state index >= 15 is 0 Å². The van der Waals surface area contributed by atoms with Crippen LogP contribution >= 0.6 is 39.7 Å². The first-order valence-electron chi connectivity index (χ1n) is 7.86. The highest BCUT2D eigenvalue weighted by atomic mass is 127. The molecule has 1 aromatic heterocycles. The van der Waals surface area contributed by atoms with Crippen LogP contribution in [0, 0.1) is 0 Å². The molecule has 0 amide bonds. The van der Waals surface area contributed by atoms with Crippen LogP contribution in [0.1, 0.15) is 26.0 Å². The molecule has 3 heterocycles. The number of alkyl halides is 2. The second-order valence-corrected chi connectivity index (χ2v) is 8.40. The molecule has 0 aromatic carbocycles.